The van der Waals surface area contributed by atoms with Gasteiger partial charge < -0.3 is 21.5 Å². The van der Waals surface area contributed by atoms with Crippen LogP contribution in [-0.4, -0.2) is 31.1 Å². The number of halogens is 2. The number of rotatable bonds is 13. The van der Waals surface area contributed by atoms with Crippen molar-refractivity contribution in [3.8, 4) is 0 Å². The van der Waals surface area contributed by atoms with Crippen LogP contribution < -0.4 is 17.0 Å². The second kappa shape index (κ2) is 15.1. The van der Waals surface area contributed by atoms with Gasteiger partial charge in [0, 0.05) is 0 Å². The van der Waals surface area contributed by atoms with Crippen LogP contribution in [0.2, 0.25) is 0 Å². The minimum absolute atomic E-state index is 0. The summed E-state index contributed by atoms with van der Waals surface area (Å²) in [6.07, 6.45) is 15.6. The summed E-state index contributed by atoms with van der Waals surface area (Å²) in [4.78, 5) is 0. The first-order valence-electron chi connectivity index (χ1n) is 8.00. The molecule has 0 N–H and O–H groups in total. The lowest BCUT2D eigenvalue weighted by Crippen LogP contribution is -3.00. The molecule has 0 atom stereocenters. The van der Waals surface area contributed by atoms with Crippen LogP contribution in [0.1, 0.15) is 77.6 Å². The van der Waals surface area contributed by atoms with E-state index in [1.54, 1.807) is 0 Å². The molecule has 0 bridgehead atoms. The van der Waals surface area contributed by atoms with E-state index in [9.17, 15) is 0 Å². The van der Waals surface area contributed by atoms with Crippen molar-refractivity contribution in [1.29, 1.82) is 0 Å². The summed E-state index contributed by atoms with van der Waals surface area (Å²) < 4.78 is 0.957. The number of hydrogen-bond acceptors (Lipinski definition) is 0. The molecule has 0 aliphatic heterocycles. The normalized spacial score (nSPS) is 11.4. The molecule has 0 fully saturated rings. The van der Waals surface area contributed by atoms with Crippen molar-refractivity contribution < 1.29 is 21.5 Å². The zero-order valence-corrected chi connectivity index (χ0v) is 15.7. The fraction of sp³-hybridized carbons (Fsp3) is 1.00. The van der Waals surface area contributed by atoms with E-state index in [4.69, 9.17) is 11.6 Å². The van der Waals surface area contributed by atoms with Gasteiger partial charge in [-0.3, -0.25) is 0 Å². The number of alkyl halides is 1. The van der Waals surface area contributed by atoms with E-state index in [-0.39, 0.29) is 17.0 Å². The highest BCUT2D eigenvalue weighted by Crippen LogP contribution is 2.12. The van der Waals surface area contributed by atoms with Crippen molar-refractivity contribution in [3.05, 3.63) is 0 Å². The lowest BCUT2D eigenvalue weighted by atomic mass is 10.1. The van der Waals surface area contributed by atoms with Gasteiger partial charge in [-0.15, -0.1) is 0 Å². The fourth-order valence-electron chi connectivity index (χ4n) is 2.26. The fourth-order valence-corrected chi connectivity index (χ4v) is 2.38. The number of nitrogens with zero attached hydrogens (tertiary/aromatic N) is 1. The summed E-state index contributed by atoms with van der Waals surface area (Å²) in [5.74, 6) is 0. The van der Waals surface area contributed by atoms with Gasteiger partial charge in [0.05, 0.1) is 20.6 Å². The topological polar surface area (TPSA) is 0 Å². The van der Waals surface area contributed by atoms with Gasteiger partial charge in [0.15, 0.2) is 6.00 Å². The average molecular weight is 357 g/mol. The molecule has 0 spiro atoms. The molecule has 0 saturated heterocycles. The van der Waals surface area contributed by atoms with Gasteiger partial charge in [-0.05, 0) is 12.8 Å². The lowest BCUT2D eigenvalue weighted by Gasteiger charge is -2.26. The molecule has 3 heteroatoms. The Morgan fingerprint density at radius 3 is 1.42 bits per heavy atom. The van der Waals surface area contributed by atoms with Gasteiger partial charge in [0.25, 0.3) is 0 Å². The number of unbranched alkanes of at least 4 members (excludes halogenated alkanes) is 10. The van der Waals surface area contributed by atoms with Crippen LogP contribution in [0.3, 0.4) is 0 Å². The monoisotopic (exact) mass is 355 g/mol. The Balaban J connectivity index is 0. The molecular weight excluding hydrogens is 322 g/mol. The molecule has 0 aliphatic carbocycles. The Morgan fingerprint density at radius 1 is 0.684 bits per heavy atom. The molecule has 1 nitrogen and oxygen atoms in total. The third kappa shape index (κ3) is 16.7. The van der Waals surface area contributed by atoms with Crippen LogP contribution in [0, 0.1) is 0 Å². The molecule has 0 aliphatic rings. The quantitative estimate of drug-likeness (QED) is 0.206. The van der Waals surface area contributed by atoms with Crippen LogP contribution in [0.15, 0.2) is 0 Å². The molecule has 0 heterocycles. The number of hydrogen-bond donors (Lipinski definition) is 0. The van der Waals surface area contributed by atoms with Crippen LogP contribution in [-0.2, 0) is 0 Å². The summed E-state index contributed by atoms with van der Waals surface area (Å²) in [5, 5.41) is 0. The van der Waals surface area contributed by atoms with Crippen molar-refractivity contribution in [1.82, 2.24) is 0 Å². The van der Waals surface area contributed by atoms with Gasteiger partial charge in [-0.1, -0.05) is 76.3 Å². The van der Waals surface area contributed by atoms with Crippen molar-refractivity contribution in [2.24, 2.45) is 0 Å². The molecule has 0 aromatic heterocycles. The van der Waals surface area contributed by atoms with Gasteiger partial charge >= 0.3 is 0 Å². The zero-order chi connectivity index (χ0) is 13.7. The molecule has 19 heavy (non-hydrogen) atoms. The highest BCUT2D eigenvalue weighted by Gasteiger charge is 2.11. The molecule has 0 radical (unpaired) electrons. The van der Waals surface area contributed by atoms with Crippen molar-refractivity contribution in [2.75, 3.05) is 26.6 Å². The Hall–Kier alpha value is 0.730. The molecular formula is C16H35BrClN. The molecule has 0 amide bonds. The van der Waals surface area contributed by atoms with Crippen LogP contribution in [0.5, 0.6) is 0 Å². The molecule has 0 rings (SSSR count). The maximum absolute atomic E-state index is 5.90. The molecule has 0 unspecified atom stereocenters. The van der Waals surface area contributed by atoms with Gasteiger partial charge in [0.1, 0.15) is 0 Å². The minimum Gasteiger partial charge on any atom is -1.00 e. The Labute approximate surface area is 137 Å². The van der Waals surface area contributed by atoms with Crippen LogP contribution in [0.4, 0.5) is 0 Å². The van der Waals surface area contributed by atoms with Crippen molar-refractivity contribution in [2.45, 2.75) is 77.6 Å². The first-order chi connectivity index (χ1) is 8.62. The Morgan fingerprint density at radius 2 is 1.05 bits per heavy atom. The first-order valence-corrected chi connectivity index (χ1v) is 8.54. The average Bonchev–Trinajstić information content (AvgIpc) is 2.36. The predicted octanol–water partition coefficient (Wildman–Crippen LogP) is 2.57. The van der Waals surface area contributed by atoms with Crippen LogP contribution >= 0.6 is 11.6 Å². The second-order valence-corrected chi connectivity index (χ2v) is 6.55. The largest absolute Gasteiger partial charge is 1.00 e. The predicted molar refractivity (Wildman–Crippen MR) is 84.2 cm³/mol. The summed E-state index contributed by atoms with van der Waals surface area (Å²) in [6, 6.07) is 0.734. The second-order valence-electron chi connectivity index (χ2n) is 6.31. The highest BCUT2D eigenvalue weighted by atomic mass is 79.9. The SMILES string of the molecule is CCCCCCCCCCCCC[N+](C)(C)CCl.[Br-]. The summed E-state index contributed by atoms with van der Waals surface area (Å²) in [6.45, 7) is 3.50. The molecule has 0 aromatic carbocycles. The molecule has 0 saturated carbocycles. The zero-order valence-electron chi connectivity index (χ0n) is 13.4. The van der Waals surface area contributed by atoms with Crippen molar-refractivity contribution >= 4 is 11.6 Å². The maximum Gasteiger partial charge on any atom is 0.154 e. The smallest absolute Gasteiger partial charge is 0.154 e. The van der Waals surface area contributed by atoms with E-state index >= 15 is 0 Å². The van der Waals surface area contributed by atoms with E-state index in [0.717, 1.165) is 10.5 Å². The Kier molecular flexibility index (Phi) is 17.5. The van der Waals surface area contributed by atoms with E-state index in [1.807, 2.05) is 0 Å². The number of quaternary nitrogens is 1. The van der Waals surface area contributed by atoms with E-state index in [0.29, 0.717) is 0 Å². The minimum atomic E-state index is 0. The first kappa shape index (κ1) is 22.0. The summed E-state index contributed by atoms with van der Waals surface area (Å²) >= 11 is 5.90. The van der Waals surface area contributed by atoms with Crippen LogP contribution in [0.25, 0.3) is 0 Å². The van der Waals surface area contributed by atoms with E-state index in [1.165, 1.54) is 77.2 Å². The Bertz CT molecular complexity index is 174. The lowest BCUT2D eigenvalue weighted by molar-refractivity contribution is -0.879. The molecule has 118 valence electrons. The summed E-state index contributed by atoms with van der Waals surface area (Å²) in [7, 11) is 4.42. The van der Waals surface area contributed by atoms with E-state index in [2.05, 4.69) is 21.0 Å². The third-order valence-corrected chi connectivity index (χ3v) is 4.34. The highest BCUT2D eigenvalue weighted by molar-refractivity contribution is 6.16. The summed E-state index contributed by atoms with van der Waals surface area (Å²) in [5.41, 5.74) is 0. The molecule has 0 aromatic rings. The van der Waals surface area contributed by atoms with Gasteiger partial charge in [-0.25, -0.2) is 0 Å². The third-order valence-electron chi connectivity index (χ3n) is 3.69. The van der Waals surface area contributed by atoms with E-state index < -0.39 is 0 Å². The van der Waals surface area contributed by atoms with Gasteiger partial charge in [-0.2, -0.15) is 0 Å². The standard InChI is InChI=1S/C16H35ClN.BrH/c1-4-5-6-7-8-9-10-11-12-13-14-15-18(2,3)16-17;/h4-16H2,1-3H3;1H/q+1;/p-1. The van der Waals surface area contributed by atoms with Gasteiger partial charge in [0.2, 0.25) is 0 Å². The maximum atomic E-state index is 5.90. The van der Waals surface area contributed by atoms with Crippen molar-refractivity contribution in [3.63, 3.8) is 0 Å².